The van der Waals surface area contributed by atoms with Gasteiger partial charge in [0.25, 0.3) is 0 Å². The topological polar surface area (TPSA) is 43.3 Å². The van der Waals surface area contributed by atoms with Crippen LogP contribution in [-0.4, -0.2) is 9.38 Å². The van der Waals surface area contributed by atoms with Gasteiger partial charge in [-0.2, -0.15) is 0 Å². The molecule has 0 aliphatic rings. The molecule has 1 atom stereocenters. The monoisotopic (exact) mass is 319 g/mol. The minimum Gasteiger partial charge on any atom is -0.324 e. The van der Waals surface area contributed by atoms with Crippen molar-refractivity contribution in [3.05, 3.63) is 71.7 Å². The number of aromatic nitrogens is 2. The maximum atomic E-state index is 5.93. The molecule has 0 aliphatic carbocycles. The predicted octanol–water partition coefficient (Wildman–Crippen LogP) is 4.75. The van der Waals surface area contributed by atoms with Crippen LogP contribution in [0.3, 0.4) is 0 Å². The number of nitrogens with two attached hydrogens (primary N) is 1. The Hall–Kier alpha value is -2.43. The Balaban J connectivity index is 1.77. The van der Waals surface area contributed by atoms with E-state index in [0.717, 1.165) is 27.5 Å². The van der Waals surface area contributed by atoms with Gasteiger partial charge in [-0.15, -0.1) is 11.3 Å². The van der Waals surface area contributed by atoms with Crippen LogP contribution in [0.2, 0.25) is 0 Å². The predicted molar refractivity (Wildman–Crippen MR) is 96.5 cm³/mol. The molecule has 2 heterocycles. The van der Waals surface area contributed by atoms with E-state index in [-0.39, 0.29) is 6.04 Å². The van der Waals surface area contributed by atoms with Crippen molar-refractivity contribution in [2.45, 2.75) is 13.0 Å². The third-order valence-electron chi connectivity index (χ3n) is 4.01. The molecule has 23 heavy (non-hydrogen) atoms. The summed E-state index contributed by atoms with van der Waals surface area (Å²) in [7, 11) is 0. The number of rotatable bonds is 3. The molecule has 1 unspecified atom stereocenters. The largest absolute Gasteiger partial charge is 0.324 e. The first-order valence-corrected chi connectivity index (χ1v) is 8.48. The molecule has 0 saturated carbocycles. The summed E-state index contributed by atoms with van der Waals surface area (Å²) in [5, 5.41) is 2.15. The van der Waals surface area contributed by atoms with Crippen LogP contribution in [0.1, 0.15) is 18.5 Å². The molecule has 2 aromatic heterocycles. The van der Waals surface area contributed by atoms with Gasteiger partial charge in [0.1, 0.15) is 0 Å². The lowest BCUT2D eigenvalue weighted by Gasteiger charge is -2.06. The highest BCUT2D eigenvalue weighted by Gasteiger charge is 2.11. The van der Waals surface area contributed by atoms with Crippen molar-refractivity contribution in [3.63, 3.8) is 0 Å². The van der Waals surface area contributed by atoms with Gasteiger partial charge in [-0.1, -0.05) is 54.6 Å². The fraction of sp³-hybridized carbons (Fsp3) is 0.105. The number of hydrogen-bond donors (Lipinski definition) is 1. The lowest BCUT2D eigenvalue weighted by atomic mass is 10.1. The SMILES string of the molecule is CC(N)c1ccc(-c2csc3nc(-c4ccccc4)cn23)cc1. The fourth-order valence-corrected chi connectivity index (χ4v) is 3.58. The van der Waals surface area contributed by atoms with Gasteiger partial charge in [-0.25, -0.2) is 4.98 Å². The molecule has 0 fully saturated rings. The zero-order valence-electron chi connectivity index (χ0n) is 12.8. The Morgan fingerprint density at radius 2 is 1.74 bits per heavy atom. The maximum absolute atomic E-state index is 5.93. The van der Waals surface area contributed by atoms with Gasteiger partial charge in [0.2, 0.25) is 0 Å². The number of benzene rings is 2. The first kappa shape index (κ1) is 14.2. The maximum Gasteiger partial charge on any atom is 0.194 e. The molecule has 2 aromatic carbocycles. The van der Waals surface area contributed by atoms with Crippen molar-refractivity contribution >= 4 is 16.3 Å². The van der Waals surface area contributed by atoms with E-state index >= 15 is 0 Å². The Labute approximate surface area is 139 Å². The number of fused-ring (bicyclic) bond motifs is 1. The number of nitrogens with zero attached hydrogens (tertiary/aromatic N) is 2. The van der Waals surface area contributed by atoms with Crippen LogP contribution in [0.5, 0.6) is 0 Å². The number of imidazole rings is 1. The van der Waals surface area contributed by atoms with Crippen molar-refractivity contribution in [1.82, 2.24) is 9.38 Å². The highest BCUT2D eigenvalue weighted by atomic mass is 32.1. The second kappa shape index (κ2) is 5.65. The van der Waals surface area contributed by atoms with E-state index in [0.29, 0.717) is 0 Å². The van der Waals surface area contributed by atoms with Gasteiger partial charge < -0.3 is 5.73 Å². The van der Waals surface area contributed by atoms with Crippen molar-refractivity contribution in [3.8, 4) is 22.5 Å². The molecule has 0 aliphatic heterocycles. The third kappa shape index (κ3) is 2.56. The zero-order chi connectivity index (χ0) is 15.8. The summed E-state index contributed by atoms with van der Waals surface area (Å²) >= 11 is 1.66. The normalized spacial score (nSPS) is 12.6. The molecule has 4 rings (SSSR count). The van der Waals surface area contributed by atoms with E-state index in [4.69, 9.17) is 10.7 Å². The van der Waals surface area contributed by atoms with E-state index in [1.54, 1.807) is 11.3 Å². The lowest BCUT2D eigenvalue weighted by molar-refractivity contribution is 0.818. The molecule has 0 radical (unpaired) electrons. The van der Waals surface area contributed by atoms with Gasteiger partial charge in [-0.3, -0.25) is 4.40 Å². The lowest BCUT2D eigenvalue weighted by Crippen LogP contribution is -2.04. The van der Waals surface area contributed by atoms with Gasteiger partial charge in [0.05, 0.1) is 11.4 Å². The van der Waals surface area contributed by atoms with Gasteiger partial charge >= 0.3 is 0 Å². The van der Waals surface area contributed by atoms with E-state index in [9.17, 15) is 0 Å². The molecule has 0 spiro atoms. The van der Waals surface area contributed by atoms with Crippen molar-refractivity contribution in [2.75, 3.05) is 0 Å². The van der Waals surface area contributed by atoms with Gasteiger partial charge in [0, 0.05) is 23.2 Å². The second-order valence-electron chi connectivity index (χ2n) is 5.68. The molecule has 114 valence electrons. The van der Waals surface area contributed by atoms with Gasteiger partial charge in [-0.05, 0) is 18.1 Å². The van der Waals surface area contributed by atoms with E-state index in [1.165, 1.54) is 5.56 Å². The molecule has 4 aromatic rings. The summed E-state index contributed by atoms with van der Waals surface area (Å²) in [6.07, 6.45) is 2.11. The molecule has 0 amide bonds. The van der Waals surface area contributed by atoms with Crippen LogP contribution in [0.15, 0.2) is 66.2 Å². The summed E-state index contributed by atoms with van der Waals surface area (Å²) < 4.78 is 2.16. The summed E-state index contributed by atoms with van der Waals surface area (Å²) in [5.74, 6) is 0. The highest BCUT2D eigenvalue weighted by molar-refractivity contribution is 7.15. The molecule has 3 nitrogen and oxygen atoms in total. The van der Waals surface area contributed by atoms with Crippen molar-refractivity contribution in [1.29, 1.82) is 0 Å². The molecular weight excluding hydrogens is 302 g/mol. The Morgan fingerprint density at radius 3 is 2.43 bits per heavy atom. The zero-order valence-corrected chi connectivity index (χ0v) is 13.6. The minimum absolute atomic E-state index is 0.0597. The summed E-state index contributed by atoms with van der Waals surface area (Å²) in [6, 6.07) is 18.8. The van der Waals surface area contributed by atoms with Crippen LogP contribution < -0.4 is 5.73 Å². The molecule has 4 heteroatoms. The number of thiazole rings is 1. The van der Waals surface area contributed by atoms with E-state index < -0.39 is 0 Å². The Kier molecular flexibility index (Phi) is 3.48. The highest BCUT2D eigenvalue weighted by Crippen LogP contribution is 2.29. The molecule has 2 N–H and O–H groups in total. The van der Waals surface area contributed by atoms with E-state index in [1.807, 2.05) is 25.1 Å². The molecule has 0 bridgehead atoms. The smallest absolute Gasteiger partial charge is 0.194 e. The quantitative estimate of drug-likeness (QED) is 0.592. The Morgan fingerprint density at radius 1 is 1.00 bits per heavy atom. The summed E-state index contributed by atoms with van der Waals surface area (Å²) in [5.41, 5.74) is 11.6. The van der Waals surface area contributed by atoms with Crippen LogP contribution in [0.4, 0.5) is 0 Å². The van der Waals surface area contributed by atoms with E-state index in [2.05, 4.69) is 52.4 Å². The standard InChI is InChI=1S/C19H17N3S/c1-13(20)14-7-9-16(10-8-14)18-12-23-19-21-17(11-22(18)19)15-5-3-2-4-6-15/h2-13H,20H2,1H3. The van der Waals surface area contributed by atoms with Crippen LogP contribution in [0, 0.1) is 0 Å². The van der Waals surface area contributed by atoms with Crippen molar-refractivity contribution in [2.24, 2.45) is 5.73 Å². The molecule has 0 saturated heterocycles. The minimum atomic E-state index is 0.0597. The average molecular weight is 319 g/mol. The van der Waals surface area contributed by atoms with Crippen molar-refractivity contribution < 1.29 is 0 Å². The first-order valence-electron chi connectivity index (χ1n) is 7.60. The molecular formula is C19H17N3S. The van der Waals surface area contributed by atoms with Gasteiger partial charge in [0.15, 0.2) is 4.96 Å². The average Bonchev–Trinajstić information content (AvgIpc) is 3.16. The van der Waals surface area contributed by atoms with Crippen LogP contribution >= 0.6 is 11.3 Å². The second-order valence-corrected chi connectivity index (χ2v) is 6.51. The first-order chi connectivity index (χ1) is 11.2. The summed E-state index contributed by atoms with van der Waals surface area (Å²) in [4.78, 5) is 5.75. The third-order valence-corrected chi connectivity index (χ3v) is 4.85. The number of hydrogen-bond acceptors (Lipinski definition) is 3. The fourth-order valence-electron chi connectivity index (χ4n) is 2.70. The summed E-state index contributed by atoms with van der Waals surface area (Å²) in [6.45, 7) is 2.00. The van der Waals surface area contributed by atoms with Crippen LogP contribution in [-0.2, 0) is 0 Å². The Bertz CT molecular complexity index is 934. The van der Waals surface area contributed by atoms with Crippen LogP contribution in [0.25, 0.3) is 27.5 Å².